The Bertz CT molecular complexity index is 1360. The summed E-state index contributed by atoms with van der Waals surface area (Å²) < 4.78 is 56.2. The van der Waals surface area contributed by atoms with Crippen LogP contribution in [0.15, 0.2) is 60.7 Å². The third-order valence-electron chi connectivity index (χ3n) is 9.37. The van der Waals surface area contributed by atoms with Crippen molar-refractivity contribution in [1.29, 1.82) is 0 Å². The molecule has 3 aromatic rings. The number of anilines is 1. The zero-order chi connectivity index (χ0) is 28.1. The van der Waals surface area contributed by atoms with Gasteiger partial charge in [0.2, 0.25) is 5.91 Å². The number of amides is 1. The third-order valence-corrected chi connectivity index (χ3v) is 9.62. The third kappa shape index (κ3) is 4.55. The smallest absolute Gasteiger partial charge is 0.247 e. The molecule has 3 aliphatic rings. The van der Waals surface area contributed by atoms with Gasteiger partial charge in [-0.2, -0.15) is 0 Å². The van der Waals surface area contributed by atoms with Crippen molar-refractivity contribution in [2.24, 2.45) is 0 Å². The van der Waals surface area contributed by atoms with E-state index in [4.69, 9.17) is 11.6 Å². The minimum Gasteiger partial charge on any atom is -0.339 e. The van der Waals surface area contributed by atoms with Gasteiger partial charge in [0.1, 0.15) is 5.54 Å². The topological polar surface area (TPSA) is 35.6 Å². The molecule has 2 saturated heterocycles. The lowest BCUT2D eigenvalue weighted by molar-refractivity contribution is -0.125. The molecule has 1 spiro atoms. The quantitative estimate of drug-likeness (QED) is 0.361. The number of likely N-dealkylation sites (tertiary alicyclic amines) is 1. The van der Waals surface area contributed by atoms with Gasteiger partial charge < -0.3 is 15.1 Å². The first-order valence-corrected chi connectivity index (χ1v) is 14.1. The number of nitrogens with zero attached hydrogens (tertiary/aromatic N) is 2. The summed E-state index contributed by atoms with van der Waals surface area (Å²) in [7, 11) is 0. The number of halogens is 5. The van der Waals surface area contributed by atoms with Crippen molar-refractivity contribution in [1.82, 2.24) is 10.2 Å². The van der Waals surface area contributed by atoms with E-state index in [9.17, 15) is 22.4 Å². The summed E-state index contributed by atoms with van der Waals surface area (Å²) in [6.07, 6.45) is 4.00. The minimum atomic E-state index is -0.956. The van der Waals surface area contributed by atoms with Gasteiger partial charge in [-0.3, -0.25) is 4.79 Å². The zero-order valence-electron chi connectivity index (χ0n) is 21.9. The highest BCUT2D eigenvalue weighted by atomic mass is 35.5. The molecule has 210 valence electrons. The molecule has 1 amide bonds. The van der Waals surface area contributed by atoms with Crippen LogP contribution >= 0.6 is 11.6 Å². The molecule has 0 unspecified atom stereocenters. The van der Waals surface area contributed by atoms with Crippen LogP contribution in [-0.4, -0.2) is 42.1 Å². The van der Waals surface area contributed by atoms with Crippen molar-refractivity contribution in [2.45, 2.75) is 55.5 Å². The van der Waals surface area contributed by atoms with Crippen LogP contribution in [-0.2, 0) is 10.2 Å². The summed E-state index contributed by atoms with van der Waals surface area (Å²) in [6, 6.07) is 15.4. The number of benzene rings is 3. The highest BCUT2D eigenvalue weighted by molar-refractivity contribution is 6.30. The van der Waals surface area contributed by atoms with Crippen LogP contribution < -0.4 is 10.2 Å². The molecular formula is C31H30ClF4N3O. The molecule has 9 heteroatoms. The summed E-state index contributed by atoms with van der Waals surface area (Å²) >= 11 is 6.08. The van der Waals surface area contributed by atoms with E-state index < -0.39 is 34.2 Å². The fourth-order valence-corrected chi connectivity index (χ4v) is 7.22. The predicted octanol–water partition coefficient (Wildman–Crippen LogP) is 6.55. The first kappa shape index (κ1) is 27.1. The van der Waals surface area contributed by atoms with E-state index >= 15 is 0 Å². The number of hydrogen-bond acceptors (Lipinski definition) is 3. The highest BCUT2D eigenvalue weighted by Crippen LogP contribution is 2.47. The Hall–Kier alpha value is -3.10. The Labute approximate surface area is 235 Å². The number of carbonyl (C=O) groups is 1. The second-order valence-corrected chi connectivity index (χ2v) is 11.6. The summed E-state index contributed by atoms with van der Waals surface area (Å²) in [5.41, 5.74) is 0.717. The summed E-state index contributed by atoms with van der Waals surface area (Å²) in [4.78, 5) is 17.6. The lowest BCUT2D eigenvalue weighted by atomic mass is 9.64. The van der Waals surface area contributed by atoms with Gasteiger partial charge in [0.15, 0.2) is 23.3 Å². The van der Waals surface area contributed by atoms with Crippen molar-refractivity contribution in [2.75, 3.05) is 24.7 Å². The monoisotopic (exact) mass is 571 g/mol. The molecule has 0 radical (unpaired) electrons. The molecule has 2 heterocycles. The van der Waals surface area contributed by atoms with Crippen LogP contribution in [0.2, 0.25) is 5.02 Å². The van der Waals surface area contributed by atoms with Gasteiger partial charge in [-0.15, -0.1) is 0 Å². The summed E-state index contributed by atoms with van der Waals surface area (Å²) in [5.74, 6) is -3.75. The Balaban J connectivity index is 1.20. The molecule has 2 aliphatic heterocycles. The molecule has 3 aromatic carbocycles. The second kappa shape index (κ2) is 10.4. The number of hydrogen-bond donors (Lipinski definition) is 1. The van der Waals surface area contributed by atoms with E-state index in [0.29, 0.717) is 48.5 Å². The Morgan fingerprint density at radius 3 is 1.82 bits per heavy atom. The van der Waals surface area contributed by atoms with Crippen LogP contribution in [0.4, 0.5) is 23.2 Å². The Morgan fingerprint density at radius 2 is 1.30 bits per heavy atom. The molecule has 1 saturated carbocycles. The minimum absolute atomic E-state index is 0.0430. The van der Waals surface area contributed by atoms with Gasteiger partial charge in [-0.05, 0) is 98.2 Å². The van der Waals surface area contributed by atoms with E-state index in [2.05, 4.69) is 15.1 Å². The van der Waals surface area contributed by atoms with Gasteiger partial charge >= 0.3 is 0 Å². The number of nitrogens with one attached hydrogen (secondary N) is 1. The molecule has 0 aromatic heterocycles. The fourth-order valence-electron chi connectivity index (χ4n) is 7.10. The fraction of sp³-hybridized carbons (Fsp3) is 0.387. The van der Waals surface area contributed by atoms with Gasteiger partial charge in [0, 0.05) is 35.3 Å². The molecule has 4 nitrogen and oxygen atoms in total. The predicted molar refractivity (Wildman–Crippen MR) is 146 cm³/mol. The van der Waals surface area contributed by atoms with Gasteiger partial charge in [-0.25, -0.2) is 17.6 Å². The Kier molecular flexibility index (Phi) is 7.03. The second-order valence-electron chi connectivity index (χ2n) is 11.2. The zero-order valence-corrected chi connectivity index (χ0v) is 22.7. The van der Waals surface area contributed by atoms with E-state index in [1.54, 1.807) is 12.1 Å². The van der Waals surface area contributed by atoms with Gasteiger partial charge in [-0.1, -0.05) is 23.7 Å². The van der Waals surface area contributed by atoms with Crippen LogP contribution in [0, 0.1) is 23.3 Å². The molecule has 6 rings (SSSR count). The molecule has 3 fully saturated rings. The maximum Gasteiger partial charge on any atom is 0.247 e. The van der Waals surface area contributed by atoms with Crippen LogP contribution in [0.25, 0.3) is 0 Å². The Morgan fingerprint density at radius 1 is 0.750 bits per heavy atom. The van der Waals surface area contributed by atoms with Gasteiger partial charge in [0.05, 0.1) is 6.67 Å². The lowest BCUT2D eigenvalue weighted by Gasteiger charge is -2.49. The van der Waals surface area contributed by atoms with Crippen molar-refractivity contribution in [3.63, 3.8) is 0 Å². The first-order valence-electron chi connectivity index (χ1n) is 13.7. The maximum atomic E-state index is 14.3. The highest BCUT2D eigenvalue weighted by Gasteiger charge is 2.51. The van der Waals surface area contributed by atoms with E-state index in [-0.39, 0.29) is 11.9 Å². The molecule has 0 atom stereocenters. The molecular weight excluding hydrogens is 542 g/mol. The van der Waals surface area contributed by atoms with Crippen molar-refractivity contribution >= 4 is 23.2 Å². The van der Waals surface area contributed by atoms with E-state index in [0.717, 1.165) is 43.8 Å². The summed E-state index contributed by atoms with van der Waals surface area (Å²) in [5, 5.41) is 3.67. The maximum absolute atomic E-state index is 14.3. The van der Waals surface area contributed by atoms with Gasteiger partial charge in [0.25, 0.3) is 0 Å². The van der Waals surface area contributed by atoms with Crippen LogP contribution in [0.5, 0.6) is 0 Å². The molecule has 0 bridgehead atoms. The standard InChI is InChI=1S/C31H30ClF4N3O/c32-22-3-5-24(6-4-22)39-19-37-29(40)31(39)13-15-38(16-14-31)23-9-11-30(12-10-23,20-1-7-25(33)27(35)17-20)21-2-8-26(34)28(36)18-21/h1-8,17-18,23H,9-16,19H2,(H,37,40). The number of rotatable bonds is 4. The largest absolute Gasteiger partial charge is 0.339 e. The normalized spacial score (nSPS) is 21.1. The number of piperidine rings is 1. The molecule has 40 heavy (non-hydrogen) atoms. The lowest BCUT2D eigenvalue weighted by Crippen LogP contribution is -2.58. The molecule has 1 aliphatic carbocycles. The number of carbonyl (C=O) groups excluding carboxylic acids is 1. The van der Waals surface area contributed by atoms with E-state index in [1.165, 1.54) is 12.1 Å². The average molecular weight is 572 g/mol. The first-order chi connectivity index (χ1) is 19.2. The van der Waals surface area contributed by atoms with Crippen molar-refractivity contribution in [3.05, 3.63) is 100 Å². The van der Waals surface area contributed by atoms with Crippen molar-refractivity contribution < 1.29 is 22.4 Å². The van der Waals surface area contributed by atoms with Crippen molar-refractivity contribution in [3.8, 4) is 0 Å². The average Bonchev–Trinajstić information content (AvgIpc) is 3.27. The van der Waals surface area contributed by atoms with Crippen LogP contribution in [0.1, 0.15) is 49.7 Å². The van der Waals surface area contributed by atoms with Crippen LogP contribution in [0.3, 0.4) is 0 Å². The van der Waals surface area contributed by atoms with E-state index in [1.807, 2.05) is 24.3 Å². The SMILES string of the molecule is O=C1NCN(c2ccc(Cl)cc2)C12CCN(C1CCC(c3ccc(F)c(F)c3)(c3ccc(F)c(F)c3)CC1)CC2. The molecule has 1 N–H and O–H groups in total. The summed E-state index contributed by atoms with van der Waals surface area (Å²) in [6.45, 7) is 1.94.